The molecule has 3 rings (SSSR count). The van der Waals surface area contributed by atoms with E-state index in [-0.39, 0.29) is 12.4 Å². The summed E-state index contributed by atoms with van der Waals surface area (Å²) >= 11 is 0. The molecule has 10 nitrogen and oxygen atoms in total. The van der Waals surface area contributed by atoms with Gasteiger partial charge in [0, 0.05) is 13.0 Å². The molecule has 2 aromatic rings. The van der Waals surface area contributed by atoms with Crippen LogP contribution in [0.5, 0.6) is 0 Å². The minimum Gasteiger partial charge on any atom is -0.387 e. The SMILES string of the molecule is NC1=NC(N)=NCC1.NCn1c(=O)ncc2[nH]cnc21. The number of hydrogen-bond acceptors (Lipinski definition) is 8. The summed E-state index contributed by atoms with van der Waals surface area (Å²) in [7, 11) is 0. The van der Waals surface area contributed by atoms with E-state index in [0.717, 1.165) is 6.42 Å². The van der Waals surface area contributed by atoms with Crippen LogP contribution >= 0.6 is 0 Å². The molecular weight excluding hydrogens is 262 g/mol. The zero-order valence-electron chi connectivity index (χ0n) is 10.7. The molecular formula is C10H15N9O. The van der Waals surface area contributed by atoms with Gasteiger partial charge in [0.25, 0.3) is 0 Å². The summed E-state index contributed by atoms with van der Waals surface area (Å²) in [5.41, 5.74) is 16.7. The highest BCUT2D eigenvalue weighted by Crippen LogP contribution is 2.01. The molecule has 3 heterocycles. The Balaban J connectivity index is 0.000000160. The van der Waals surface area contributed by atoms with Crippen LogP contribution in [0.1, 0.15) is 6.42 Å². The van der Waals surface area contributed by atoms with Gasteiger partial charge in [0.05, 0.1) is 19.2 Å². The highest BCUT2D eigenvalue weighted by atomic mass is 16.1. The molecule has 7 N–H and O–H groups in total. The molecule has 20 heavy (non-hydrogen) atoms. The molecule has 0 amide bonds. The molecule has 1 aliphatic rings. The number of hydrogen-bond donors (Lipinski definition) is 4. The fourth-order valence-electron chi connectivity index (χ4n) is 1.58. The number of amidine groups is 1. The van der Waals surface area contributed by atoms with E-state index in [1.54, 1.807) is 0 Å². The van der Waals surface area contributed by atoms with E-state index in [1.165, 1.54) is 17.1 Å². The van der Waals surface area contributed by atoms with E-state index in [2.05, 4.69) is 24.9 Å². The molecule has 0 fully saturated rings. The van der Waals surface area contributed by atoms with Gasteiger partial charge >= 0.3 is 5.69 Å². The highest BCUT2D eigenvalue weighted by molar-refractivity contribution is 5.96. The number of rotatable bonds is 1. The summed E-state index contributed by atoms with van der Waals surface area (Å²) in [6.07, 6.45) is 3.68. The maximum absolute atomic E-state index is 11.1. The molecule has 0 saturated carbocycles. The number of aliphatic imine (C=N–C) groups is 2. The predicted octanol–water partition coefficient (Wildman–Crippen LogP) is -1.90. The molecule has 0 bridgehead atoms. The molecule has 0 saturated heterocycles. The third-order valence-electron chi connectivity index (χ3n) is 2.52. The number of fused-ring (bicyclic) bond motifs is 1. The summed E-state index contributed by atoms with van der Waals surface area (Å²) in [5.74, 6) is 0.881. The Morgan fingerprint density at radius 1 is 1.35 bits per heavy atom. The van der Waals surface area contributed by atoms with Gasteiger partial charge in [-0.25, -0.2) is 14.8 Å². The van der Waals surface area contributed by atoms with Crippen molar-refractivity contribution in [2.45, 2.75) is 13.1 Å². The van der Waals surface area contributed by atoms with Gasteiger partial charge in [0.2, 0.25) is 5.96 Å². The average Bonchev–Trinajstić information content (AvgIpc) is 2.87. The summed E-state index contributed by atoms with van der Waals surface area (Å²) < 4.78 is 1.30. The number of nitrogens with one attached hydrogen (secondary N) is 1. The van der Waals surface area contributed by atoms with E-state index in [1.807, 2.05) is 0 Å². The first-order valence-corrected chi connectivity index (χ1v) is 5.83. The smallest absolute Gasteiger partial charge is 0.350 e. The number of aromatic nitrogens is 4. The molecule has 0 aliphatic carbocycles. The lowest BCUT2D eigenvalue weighted by atomic mass is 10.4. The molecule has 1 aliphatic heterocycles. The predicted molar refractivity (Wildman–Crippen MR) is 75.1 cm³/mol. The van der Waals surface area contributed by atoms with Crippen LogP contribution in [0.3, 0.4) is 0 Å². The quantitative estimate of drug-likeness (QED) is 0.474. The van der Waals surface area contributed by atoms with Crippen LogP contribution in [0.25, 0.3) is 11.2 Å². The number of guanidine groups is 1. The van der Waals surface area contributed by atoms with Crippen molar-refractivity contribution in [2.24, 2.45) is 27.2 Å². The maximum Gasteiger partial charge on any atom is 0.350 e. The number of nitrogens with two attached hydrogens (primary N) is 3. The number of imidazole rings is 1. The Hall–Kier alpha value is -2.75. The largest absolute Gasteiger partial charge is 0.387 e. The Morgan fingerprint density at radius 3 is 2.75 bits per heavy atom. The monoisotopic (exact) mass is 277 g/mol. The van der Waals surface area contributed by atoms with E-state index >= 15 is 0 Å². The summed E-state index contributed by atoms with van der Waals surface area (Å²) in [4.78, 5) is 29.0. The Kier molecular flexibility index (Phi) is 4.05. The second-order valence-electron chi connectivity index (χ2n) is 3.88. The van der Waals surface area contributed by atoms with Gasteiger partial charge in [-0.2, -0.15) is 4.98 Å². The van der Waals surface area contributed by atoms with Crippen LogP contribution < -0.4 is 22.9 Å². The average molecular weight is 277 g/mol. The third-order valence-corrected chi connectivity index (χ3v) is 2.52. The molecule has 0 atom stereocenters. The van der Waals surface area contributed by atoms with Gasteiger partial charge in [0.1, 0.15) is 11.4 Å². The van der Waals surface area contributed by atoms with Gasteiger partial charge in [-0.15, -0.1) is 0 Å². The zero-order chi connectivity index (χ0) is 14.5. The fourth-order valence-corrected chi connectivity index (χ4v) is 1.58. The van der Waals surface area contributed by atoms with Gasteiger partial charge < -0.3 is 22.2 Å². The molecule has 10 heteroatoms. The van der Waals surface area contributed by atoms with Crippen molar-refractivity contribution in [1.29, 1.82) is 0 Å². The van der Waals surface area contributed by atoms with E-state index in [4.69, 9.17) is 17.2 Å². The van der Waals surface area contributed by atoms with Crippen LogP contribution in [-0.4, -0.2) is 37.9 Å². The van der Waals surface area contributed by atoms with Crippen LogP contribution in [0.4, 0.5) is 0 Å². The topological polar surface area (TPSA) is 166 Å². The Bertz CT molecular complexity index is 711. The Labute approximate surface area is 113 Å². The van der Waals surface area contributed by atoms with Crippen molar-refractivity contribution >= 4 is 23.0 Å². The van der Waals surface area contributed by atoms with E-state index in [0.29, 0.717) is 29.5 Å². The lowest BCUT2D eigenvalue weighted by Gasteiger charge is -2.02. The summed E-state index contributed by atoms with van der Waals surface area (Å²) in [6, 6.07) is 0. The second-order valence-corrected chi connectivity index (χ2v) is 3.88. The zero-order valence-corrected chi connectivity index (χ0v) is 10.7. The van der Waals surface area contributed by atoms with Crippen LogP contribution in [-0.2, 0) is 6.67 Å². The summed E-state index contributed by atoms with van der Waals surface area (Å²) in [5, 5.41) is 0. The number of H-pyrrole nitrogens is 1. The standard InChI is InChI=1S/C6H7N5O.C4H8N4/c7-2-11-5-4(9-3-10-5)1-8-6(11)12;5-3-1-2-7-4(6)8-3/h1,3H,2,7H2,(H,9,10);1-2H2,(H4,5,6,7,8). The van der Waals surface area contributed by atoms with E-state index < -0.39 is 0 Å². The number of aromatic amines is 1. The lowest BCUT2D eigenvalue weighted by molar-refractivity contribution is 0.699. The summed E-state index contributed by atoms with van der Waals surface area (Å²) in [6.45, 7) is 0.773. The molecule has 0 spiro atoms. The molecule has 0 radical (unpaired) electrons. The Morgan fingerprint density at radius 2 is 2.15 bits per heavy atom. The maximum atomic E-state index is 11.1. The second kappa shape index (κ2) is 5.93. The van der Waals surface area contributed by atoms with Crippen LogP contribution in [0, 0.1) is 0 Å². The van der Waals surface area contributed by atoms with Crippen molar-refractivity contribution in [3.05, 3.63) is 23.0 Å². The first-order valence-electron chi connectivity index (χ1n) is 5.83. The van der Waals surface area contributed by atoms with Crippen LogP contribution in [0.15, 0.2) is 27.3 Å². The molecule has 0 aromatic carbocycles. The lowest BCUT2D eigenvalue weighted by Crippen LogP contribution is -2.26. The van der Waals surface area contributed by atoms with Gasteiger partial charge in [-0.3, -0.25) is 9.56 Å². The fraction of sp³-hybridized carbons (Fsp3) is 0.300. The van der Waals surface area contributed by atoms with Gasteiger partial charge in [0.15, 0.2) is 5.65 Å². The minimum absolute atomic E-state index is 0.0913. The highest BCUT2D eigenvalue weighted by Gasteiger charge is 2.03. The van der Waals surface area contributed by atoms with Crippen molar-refractivity contribution in [3.63, 3.8) is 0 Å². The van der Waals surface area contributed by atoms with Gasteiger partial charge in [-0.1, -0.05) is 0 Å². The van der Waals surface area contributed by atoms with Gasteiger partial charge in [-0.05, 0) is 0 Å². The molecule has 0 unspecified atom stereocenters. The van der Waals surface area contributed by atoms with Crippen molar-refractivity contribution < 1.29 is 0 Å². The first-order chi connectivity index (χ1) is 9.61. The molecule has 2 aromatic heterocycles. The molecule has 106 valence electrons. The first kappa shape index (κ1) is 13.7. The van der Waals surface area contributed by atoms with Crippen molar-refractivity contribution in [3.8, 4) is 0 Å². The normalized spacial score (nSPS) is 14.2. The van der Waals surface area contributed by atoms with Crippen molar-refractivity contribution in [1.82, 2.24) is 19.5 Å². The minimum atomic E-state index is -0.378. The van der Waals surface area contributed by atoms with Crippen molar-refractivity contribution in [2.75, 3.05) is 6.54 Å². The van der Waals surface area contributed by atoms with Crippen LogP contribution in [0.2, 0.25) is 0 Å². The van der Waals surface area contributed by atoms with E-state index in [9.17, 15) is 4.79 Å². The number of nitrogens with zero attached hydrogens (tertiary/aromatic N) is 5. The third kappa shape index (κ3) is 2.98.